The molecule has 4 aromatic carbocycles. The molecule has 1 N–H and O–H groups in total. The van der Waals surface area contributed by atoms with E-state index in [1.54, 1.807) is 24.3 Å². The van der Waals surface area contributed by atoms with Gasteiger partial charge in [0.2, 0.25) is 11.4 Å². The molecule has 5 rings (SSSR count). The molecule has 0 radical (unpaired) electrons. The average molecular weight is 487 g/mol. The Hall–Kier alpha value is -4.70. The van der Waals surface area contributed by atoms with E-state index in [0.29, 0.717) is 5.56 Å². The predicted octanol–water partition coefficient (Wildman–Crippen LogP) is 6.56. The quantitative estimate of drug-likeness (QED) is 0.301. The van der Waals surface area contributed by atoms with Crippen LogP contribution in [0.3, 0.4) is 0 Å². The monoisotopic (exact) mass is 486 g/mol. The molecule has 1 aliphatic rings. The summed E-state index contributed by atoms with van der Waals surface area (Å²) in [7, 11) is 0. The minimum absolute atomic E-state index is 0.0667. The van der Waals surface area contributed by atoms with Gasteiger partial charge in [-0.2, -0.15) is 0 Å². The number of aliphatic hydroxyl groups excluding tert-OH is 1. The second-order valence-electron chi connectivity index (χ2n) is 8.99. The summed E-state index contributed by atoms with van der Waals surface area (Å²) in [4.78, 5) is 27.7. The number of rotatable bonds is 7. The Morgan fingerprint density at radius 2 is 1.27 bits per heavy atom. The van der Waals surface area contributed by atoms with Gasteiger partial charge in [-0.05, 0) is 16.7 Å². The zero-order chi connectivity index (χ0) is 25.7. The highest BCUT2D eigenvalue weighted by Crippen LogP contribution is 2.42. The number of ether oxygens (including phenoxy) is 1. The first-order valence-corrected chi connectivity index (χ1v) is 12.2. The first-order valence-electron chi connectivity index (χ1n) is 12.2. The van der Waals surface area contributed by atoms with E-state index in [0.717, 1.165) is 16.7 Å². The average Bonchev–Trinajstić information content (AvgIpc) is 2.95. The van der Waals surface area contributed by atoms with Crippen molar-refractivity contribution in [1.29, 1.82) is 0 Å². The molecule has 0 saturated heterocycles. The van der Waals surface area contributed by atoms with E-state index < -0.39 is 29.0 Å². The first kappa shape index (κ1) is 24.0. The molecule has 0 amide bonds. The maximum absolute atomic E-state index is 14.0. The second kappa shape index (κ2) is 10.5. The van der Waals surface area contributed by atoms with Crippen LogP contribution in [0, 0.1) is 0 Å². The smallest absolute Gasteiger partial charge is 0.340 e. The maximum atomic E-state index is 14.0. The molecular weight excluding hydrogens is 460 g/mol. The van der Waals surface area contributed by atoms with E-state index in [4.69, 9.17) is 4.74 Å². The van der Waals surface area contributed by atoms with Crippen molar-refractivity contribution in [2.75, 3.05) is 0 Å². The van der Waals surface area contributed by atoms with Crippen molar-refractivity contribution in [2.24, 2.45) is 0 Å². The number of carbonyl (C=O) groups is 2. The van der Waals surface area contributed by atoms with Gasteiger partial charge in [-0.25, -0.2) is 4.79 Å². The summed E-state index contributed by atoms with van der Waals surface area (Å²) < 4.78 is 6.07. The van der Waals surface area contributed by atoms with Crippen molar-refractivity contribution in [2.45, 2.75) is 17.9 Å². The molecule has 4 nitrogen and oxygen atoms in total. The molecule has 0 saturated carbocycles. The molecule has 0 spiro atoms. The zero-order valence-electron chi connectivity index (χ0n) is 20.2. The van der Waals surface area contributed by atoms with Crippen LogP contribution in [0.5, 0.6) is 0 Å². The van der Waals surface area contributed by atoms with Crippen LogP contribution in [-0.4, -0.2) is 16.9 Å². The largest absolute Gasteiger partial charge is 0.504 e. The summed E-state index contributed by atoms with van der Waals surface area (Å²) in [6.07, 6.45) is 3.80. The lowest BCUT2D eigenvalue weighted by Gasteiger charge is -2.37. The van der Waals surface area contributed by atoms with Crippen LogP contribution in [-0.2, 0) is 26.3 Å². The summed E-state index contributed by atoms with van der Waals surface area (Å²) >= 11 is 0. The summed E-state index contributed by atoms with van der Waals surface area (Å²) in [5, 5.41) is 11.4. The van der Waals surface area contributed by atoms with E-state index in [1.807, 2.05) is 109 Å². The van der Waals surface area contributed by atoms with Crippen molar-refractivity contribution >= 4 is 17.8 Å². The third-order valence-corrected chi connectivity index (χ3v) is 6.61. The van der Waals surface area contributed by atoms with Gasteiger partial charge in [0.1, 0.15) is 0 Å². The Kier molecular flexibility index (Phi) is 6.82. The highest BCUT2D eigenvalue weighted by atomic mass is 16.6. The number of carbonyl (C=O) groups excluding carboxylic acids is 2. The number of hydrogen-bond donors (Lipinski definition) is 1. The minimum Gasteiger partial charge on any atom is -0.504 e. The topological polar surface area (TPSA) is 63.6 Å². The summed E-state index contributed by atoms with van der Waals surface area (Å²) in [6.45, 7) is 0. The number of hydrogen-bond acceptors (Lipinski definition) is 4. The Morgan fingerprint density at radius 1 is 0.730 bits per heavy atom. The first-order chi connectivity index (χ1) is 18.1. The molecule has 1 heterocycles. The standard InChI is InChI=1S/C33H26O4/c34-30-29(28(26-17-9-3-10-18-26)22-21-24-13-5-1-6-14-24)32(36)37-33(31(30)35,27-19-11-4-12-20-27)23-25-15-7-2-8-16-25/h1-22,28,34H,23H2. The van der Waals surface area contributed by atoms with Crippen LogP contribution in [0.1, 0.15) is 28.2 Å². The number of benzene rings is 4. The van der Waals surface area contributed by atoms with Crippen LogP contribution in [0.2, 0.25) is 0 Å². The van der Waals surface area contributed by atoms with E-state index in [9.17, 15) is 14.7 Å². The molecular formula is C33H26O4. The van der Waals surface area contributed by atoms with E-state index in [1.165, 1.54) is 0 Å². The number of esters is 1. The lowest BCUT2D eigenvalue weighted by molar-refractivity contribution is -0.169. The highest BCUT2D eigenvalue weighted by molar-refractivity contribution is 6.12. The molecule has 1 aliphatic heterocycles. The summed E-state index contributed by atoms with van der Waals surface area (Å²) in [5.41, 5.74) is 1.28. The minimum atomic E-state index is -1.67. The van der Waals surface area contributed by atoms with Gasteiger partial charge in [0, 0.05) is 17.9 Å². The SMILES string of the molecule is O=C1OC(Cc2ccccc2)(c2ccccc2)C(=O)C(O)=C1C(C=Cc1ccccc1)c1ccccc1. The van der Waals surface area contributed by atoms with Crippen molar-refractivity contribution in [3.63, 3.8) is 0 Å². The van der Waals surface area contributed by atoms with Gasteiger partial charge in [-0.1, -0.05) is 133 Å². The van der Waals surface area contributed by atoms with Crippen molar-refractivity contribution in [3.05, 3.63) is 161 Å². The number of allylic oxidation sites excluding steroid dienone is 1. The van der Waals surface area contributed by atoms with E-state index in [2.05, 4.69) is 0 Å². The molecule has 4 heteroatoms. The third-order valence-electron chi connectivity index (χ3n) is 6.61. The molecule has 0 bridgehead atoms. The van der Waals surface area contributed by atoms with Crippen molar-refractivity contribution in [1.82, 2.24) is 0 Å². The molecule has 4 aromatic rings. The number of ketones is 1. The zero-order valence-corrected chi connectivity index (χ0v) is 20.2. The van der Waals surface area contributed by atoms with Crippen LogP contribution >= 0.6 is 0 Å². The van der Waals surface area contributed by atoms with Gasteiger partial charge in [-0.15, -0.1) is 0 Å². The lowest BCUT2D eigenvalue weighted by Crippen LogP contribution is -2.48. The normalized spacial score (nSPS) is 18.6. The fraction of sp³-hybridized carbons (Fsp3) is 0.0909. The van der Waals surface area contributed by atoms with Crippen LogP contribution in [0.15, 0.2) is 139 Å². The van der Waals surface area contributed by atoms with Gasteiger partial charge >= 0.3 is 5.97 Å². The molecule has 2 unspecified atom stereocenters. The Morgan fingerprint density at radius 3 is 1.89 bits per heavy atom. The van der Waals surface area contributed by atoms with Gasteiger partial charge in [0.15, 0.2) is 5.76 Å². The lowest BCUT2D eigenvalue weighted by atomic mass is 9.78. The number of cyclic esters (lactones) is 1. The molecule has 0 aliphatic carbocycles. The molecule has 0 fully saturated rings. The number of Topliss-reactive ketones (excluding diaryl/α,β-unsaturated/α-hetero) is 1. The molecule has 2 atom stereocenters. The maximum Gasteiger partial charge on any atom is 0.340 e. The van der Waals surface area contributed by atoms with Crippen molar-refractivity contribution < 1.29 is 19.4 Å². The van der Waals surface area contributed by atoms with Crippen LogP contribution in [0.4, 0.5) is 0 Å². The second-order valence-corrected chi connectivity index (χ2v) is 8.99. The van der Waals surface area contributed by atoms with Gasteiger partial charge in [0.25, 0.3) is 0 Å². The highest BCUT2D eigenvalue weighted by Gasteiger charge is 2.52. The number of aliphatic hydroxyl groups is 1. The molecule has 37 heavy (non-hydrogen) atoms. The molecule has 182 valence electrons. The van der Waals surface area contributed by atoms with E-state index in [-0.39, 0.29) is 12.0 Å². The molecule has 0 aromatic heterocycles. The third kappa shape index (κ3) is 4.87. The Labute approximate surface area is 216 Å². The van der Waals surface area contributed by atoms with Crippen LogP contribution in [0.25, 0.3) is 6.08 Å². The fourth-order valence-electron chi connectivity index (χ4n) is 4.75. The predicted molar refractivity (Wildman–Crippen MR) is 144 cm³/mol. The van der Waals surface area contributed by atoms with Gasteiger partial charge in [0.05, 0.1) is 5.57 Å². The van der Waals surface area contributed by atoms with Gasteiger partial charge in [-0.3, -0.25) is 4.79 Å². The van der Waals surface area contributed by atoms with Crippen molar-refractivity contribution in [3.8, 4) is 0 Å². The van der Waals surface area contributed by atoms with Crippen LogP contribution < -0.4 is 0 Å². The fourth-order valence-corrected chi connectivity index (χ4v) is 4.75. The van der Waals surface area contributed by atoms with Gasteiger partial charge < -0.3 is 9.84 Å². The summed E-state index contributed by atoms with van der Waals surface area (Å²) in [5.74, 6) is -2.60. The summed E-state index contributed by atoms with van der Waals surface area (Å²) in [6, 6.07) is 37.2. The van der Waals surface area contributed by atoms with E-state index >= 15 is 0 Å². The Bertz CT molecular complexity index is 1440. The Balaban J connectivity index is 1.63.